The van der Waals surface area contributed by atoms with Crippen molar-refractivity contribution in [3.63, 3.8) is 0 Å². The number of benzene rings is 2. The smallest absolute Gasteiger partial charge is 0.217 e. The van der Waals surface area contributed by atoms with Crippen LogP contribution in [0, 0.1) is 13.8 Å². The summed E-state index contributed by atoms with van der Waals surface area (Å²) in [5.74, 6) is -0.230. The average Bonchev–Trinajstić information content (AvgIpc) is 2.47. The van der Waals surface area contributed by atoms with E-state index in [1.54, 1.807) is 0 Å². The average molecular weight is 293 g/mol. The molecule has 2 aromatic carbocycles. The molecule has 0 aliphatic rings. The Kier molecular flexibility index (Phi) is 5.54. The van der Waals surface area contributed by atoms with Crippen molar-refractivity contribution in [2.75, 3.05) is 0 Å². The first-order valence-corrected chi connectivity index (χ1v) is 7.68. The molecule has 22 heavy (non-hydrogen) atoms. The van der Waals surface area contributed by atoms with E-state index < -0.39 is 0 Å². The van der Waals surface area contributed by atoms with Crippen molar-refractivity contribution in [2.45, 2.75) is 33.1 Å². The maximum absolute atomic E-state index is 10.8. The molecule has 0 spiro atoms. The standard InChI is InChI=1S/C20H23NO/c1-15-6-3-7-16(2)19(15)13-12-18-9-4-8-17(14-18)10-5-11-20(21)22/h3-4,6-9,12-14H,5,10-11H2,1-2H3,(H2,21,22). The molecule has 114 valence electrons. The molecule has 0 saturated heterocycles. The lowest BCUT2D eigenvalue weighted by Crippen LogP contribution is -2.10. The molecule has 0 fully saturated rings. The number of primary amides is 1. The van der Waals surface area contributed by atoms with Gasteiger partial charge < -0.3 is 5.73 Å². The highest BCUT2D eigenvalue weighted by atomic mass is 16.1. The highest BCUT2D eigenvalue weighted by molar-refractivity contribution is 5.74. The van der Waals surface area contributed by atoms with Gasteiger partial charge in [0.15, 0.2) is 0 Å². The number of amides is 1. The normalized spacial score (nSPS) is 11.0. The van der Waals surface area contributed by atoms with Crippen molar-refractivity contribution >= 4 is 18.1 Å². The summed E-state index contributed by atoms with van der Waals surface area (Å²) in [4.78, 5) is 10.8. The van der Waals surface area contributed by atoms with Crippen LogP contribution in [0.1, 0.15) is 40.7 Å². The van der Waals surface area contributed by atoms with E-state index >= 15 is 0 Å². The van der Waals surface area contributed by atoms with E-state index in [2.05, 4.69) is 68.5 Å². The lowest BCUT2D eigenvalue weighted by molar-refractivity contribution is -0.118. The predicted molar refractivity (Wildman–Crippen MR) is 93.4 cm³/mol. The lowest BCUT2D eigenvalue weighted by Gasteiger charge is -2.05. The Morgan fingerprint density at radius 3 is 2.41 bits per heavy atom. The number of carbonyl (C=O) groups excluding carboxylic acids is 1. The van der Waals surface area contributed by atoms with Gasteiger partial charge in [-0.1, -0.05) is 54.6 Å². The monoisotopic (exact) mass is 293 g/mol. The summed E-state index contributed by atoms with van der Waals surface area (Å²) < 4.78 is 0. The molecule has 0 aliphatic heterocycles. The van der Waals surface area contributed by atoms with Gasteiger partial charge in [0, 0.05) is 6.42 Å². The topological polar surface area (TPSA) is 43.1 Å². The molecule has 2 nitrogen and oxygen atoms in total. The zero-order valence-electron chi connectivity index (χ0n) is 13.3. The molecule has 2 N–H and O–H groups in total. The van der Waals surface area contributed by atoms with Crippen molar-refractivity contribution in [2.24, 2.45) is 5.73 Å². The number of nitrogens with two attached hydrogens (primary N) is 1. The van der Waals surface area contributed by atoms with Crippen molar-refractivity contribution in [1.29, 1.82) is 0 Å². The highest BCUT2D eigenvalue weighted by Gasteiger charge is 1.99. The zero-order valence-corrected chi connectivity index (χ0v) is 13.3. The summed E-state index contributed by atoms with van der Waals surface area (Å²) in [7, 11) is 0. The predicted octanol–water partition coefficient (Wildman–Crippen LogP) is 4.28. The van der Waals surface area contributed by atoms with Crippen LogP contribution in [0.25, 0.3) is 12.2 Å². The number of rotatable bonds is 6. The van der Waals surface area contributed by atoms with Crippen LogP contribution >= 0.6 is 0 Å². The molecular weight excluding hydrogens is 270 g/mol. The third-order valence-electron chi connectivity index (χ3n) is 3.82. The Hall–Kier alpha value is -2.35. The van der Waals surface area contributed by atoms with Crippen LogP contribution < -0.4 is 5.73 Å². The second-order valence-electron chi connectivity index (χ2n) is 5.70. The van der Waals surface area contributed by atoms with Gasteiger partial charge in [0.25, 0.3) is 0 Å². The Morgan fingerprint density at radius 2 is 1.73 bits per heavy atom. The molecule has 0 bridgehead atoms. The second-order valence-corrected chi connectivity index (χ2v) is 5.70. The Labute approximate surface area is 132 Å². The summed E-state index contributed by atoms with van der Waals surface area (Å²) in [6, 6.07) is 14.8. The van der Waals surface area contributed by atoms with Gasteiger partial charge in [-0.05, 0) is 54.5 Å². The van der Waals surface area contributed by atoms with Gasteiger partial charge in [-0.2, -0.15) is 0 Å². The van der Waals surface area contributed by atoms with Gasteiger partial charge in [0.2, 0.25) is 5.91 Å². The molecule has 2 rings (SSSR count). The Morgan fingerprint density at radius 1 is 1.05 bits per heavy atom. The molecule has 0 radical (unpaired) electrons. The molecule has 0 unspecified atom stereocenters. The Bertz CT molecular complexity index is 666. The van der Waals surface area contributed by atoms with Gasteiger partial charge in [0.05, 0.1) is 0 Å². The largest absolute Gasteiger partial charge is 0.370 e. The van der Waals surface area contributed by atoms with Gasteiger partial charge in [0.1, 0.15) is 0 Å². The highest BCUT2D eigenvalue weighted by Crippen LogP contribution is 2.17. The maximum atomic E-state index is 10.8. The molecule has 0 aromatic heterocycles. The van der Waals surface area contributed by atoms with E-state index in [4.69, 9.17) is 5.73 Å². The van der Waals surface area contributed by atoms with Gasteiger partial charge in [-0.3, -0.25) is 4.79 Å². The van der Waals surface area contributed by atoms with Crippen molar-refractivity contribution in [3.8, 4) is 0 Å². The lowest BCUT2D eigenvalue weighted by atomic mass is 10.0. The van der Waals surface area contributed by atoms with Crippen LogP contribution in [0.3, 0.4) is 0 Å². The quantitative estimate of drug-likeness (QED) is 0.794. The van der Waals surface area contributed by atoms with E-state index in [-0.39, 0.29) is 5.91 Å². The van der Waals surface area contributed by atoms with Crippen molar-refractivity contribution < 1.29 is 4.79 Å². The molecule has 0 saturated carbocycles. The first-order valence-electron chi connectivity index (χ1n) is 7.68. The maximum Gasteiger partial charge on any atom is 0.217 e. The third kappa shape index (κ3) is 4.59. The summed E-state index contributed by atoms with van der Waals surface area (Å²) >= 11 is 0. The molecule has 0 atom stereocenters. The molecule has 2 aromatic rings. The van der Waals surface area contributed by atoms with Gasteiger partial charge >= 0.3 is 0 Å². The van der Waals surface area contributed by atoms with Crippen LogP contribution in [0.15, 0.2) is 42.5 Å². The SMILES string of the molecule is Cc1cccc(C)c1C=Cc1cccc(CCCC(N)=O)c1. The first-order chi connectivity index (χ1) is 10.6. The summed E-state index contributed by atoms with van der Waals surface area (Å²) in [6.45, 7) is 4.26. The molecule has 1 amide bonds. The second kappa shape index (κ2) is 7.60. The molecule has 0 aliphatic carbocycles. The van der Waals surface area contributed by atoms with E-state index in [1.165, 1.54) is 27.8 Å². The fraction of sp³-hybridized carbons (Fsp3) is 0.250. The number of hydrogen-bond donors (Lipinski definition) is 1. The van der Waals surface area contributed by atoms with Gasteiger partial charge in [-0.15, -0.1) is 0 Å². The fourth-order valence-corrected chi connectivity index (χ4v) is 2.59. The summed E-state index contributed by atoms with van der Waals surface area (Å²) in [5.41, 5.74) is 11.4. The van der Waals surface area contributed by atoms with Crippen LogP contribution in [0.4, 0.5) is 0 Å². The van der Waals surface area contributed by atoms with E-state index in [1.807, 2.05) is 0 Å². The molecule has 2 heteroatoms. The van der Waals surface area contributed by atoms with E-state index in [0.717, 1.165) is 12.8 Å². The van der Waals surface area contributed by atoms with Gasteiger partial charge in [-0.25, -0.2) is 0 Å². The van der Waals surface area contributed by atoms with E-state index in [0.29, 0.717) is 6.42 Å². The molecule has 0 heterocycles. The zero-order chi connectivity index (χ0) is 15.9. The van der Waals surface area contributed by atoms with Crippen LogP contribution in [-0.4, -0.2) is 5.91 Å². The van der Waals surface area contributed by atoms with Crippen LogP contribution in [0.5, 0.6) is 0 Å². The minimum absolute atomic E-state index is 0.230. The summed E-state index contributed by atoms with van der Waals surface area (Å²) in [6.07, 6.45) is 6.45. The minimum atomic E-state index is -0.230. The third-order valence-corrected chi connectivity index (χ3v) is 3.82. The van der Waals surface area contributed by atoms with Crippen LogP contribution in [-0.2, 0) is 11.2 Å². The number of hydrogen-bond acceptors (Lipinski definition) is 1. The van der Waals surface area contributed by atoms with Crippen molar-refractivity contribution in [3.05, 3.63) is 70.3 Å². The number of aryl methyl sites for hydroxylation is 3. The first kappa shape index (κ1) is 16.0. The number of carbonyl (C=O) groups is 1. The summed E-state index contributed by atoms with van der Waals surface area (Å²) in [5, 5.41) is 0. The fourth-order valence-electron chi connectivity index (χ4n) is 2.59. The Balaban J connectivity index is 2.10. The molecular formula is C20H23NO. The minimum Gasteiger partial charge on any atom is -0.370 e. The van der Waals surface area contributed by atoms with Crippen molar-refractivity contribution in [1.82, 2.24) is 0 Å². The van der Waals surface area contributed by atoms with E-state index in [9.17, 15) is 4.79 Å². The van der Waals surface area contributed by atoms with Crippen LogP contribution in [0.2, 0.25) is 0 Å².